The molecule has 1 fully saturated rings. The van der Waals surface area contributed by atoms with Crippen molar-refractivity contribution < 1.29 is 23.8 Å². The Bertz CT molecular complexity index is 572. The highest BCUT2D eigenvalue weighted by Crippen LogP contribution is 2.50. The van der Waals surface area contributed by atoms with Gasteiger partial charge in [0.05, 0.1) is 6.42 Å². The summed E-state index contributed by atoms with van der Waals surface area (Å²) in [7, 11) is 0. The van der Waals surface area contributed by atoms with Crippen LogP contribution in [0.1, 0.15) is 50.2 Å². The zero-order valence-electron chi connectivity index (χ0n) is 12.2. The van der Waals surface area contributed by atoms with Crippen LogP contribution in [0, 0.1) is 5.92 Å². The van der Waals surface area contributed by atoms with E-state index in [1.54, 1.807) is 12.1 Å². The molecule has 4 nitrogen and oxygen atoms in total. The third kappa shape index (κ3) is 2.82. The van der Waals surface area contributed by atoms with E-state index in [0.29, 0.717) is 23.0 Å². The van der Waals surface area contributed by atoms with Crippen LogP contribution >= 0.6 is 0 Å². The highest BCUT2D eigenvalue weighted by Gasteiger charge is 2.38. The van der Waals surface area contributed by atoms with Gasteiger partial charge < -0.3 is 14.6 Å². The van der Waals surface area contributed by atoms with E-state index in [1.807, 2.05) is 0 Å². The Morgan fingerprint density at radius 2 is 2.00 bits per heavy atom. The molecule has 1 heterocycles. The number of carboxylic acid groups (broad SMARTS) is 1. The van der Waals surface area contributed by atoms with Crippen LogP contribution in [0.15, 0.2) is 12.1 Å². The van der Waals surface area contributed by atoms with Crippen molar-refractivity contribution in [1.82, 2.24) is 0 Å². The fraction of sp³-hybridized carbons (Fsp3) is 0.562. The average molecular weight is 294 g/mol. The molecule has 3 rings (SSSR count). The maximum absolute atomic E-state index is 14.6. The van der Waals surface area contributed by atoms with Gasteiger partial charge in [-0.2, -0.15) is 0 Å². The SMILES string of the molecule is CC(C)(F)c1cc2c(cc1C(CC(=O)O)C1CC1)OCO2. The summed E-state index contributed by atoms with van der Waals surface area (Å²) in [5.41, 5.74) is -0.302. The molecule has 0 bridgehead atoms. The van der Waals surface area contributed by atoms with Crippen molar-refractivity contribution in [2.24, 2.45) is 5.92 Å². The molecule has 1 aliphatic heterocycles. The van der Waals surface area contributed by atoms with Gasteiger partial charge in [-0.15, -0.1) is 0 Å². The quantitative estimate of drug-likeness (QED) is 0.901. The molecule has 1 unspecified atom stereocenters. The number of ether oxygens (including phenoxy) is 2. The zero-order valence-corrected chi connectivity index (χ0v) is 12.2. The van der Waals surface area contributed by atoms with Gasteiger partial charge in [0.25, 0.3) is 0 Å². The first-order chi connectivity index (χ1) is 9.86. The van der Waals surface area contributed by atoms with Crippen LogP contribution in [0.3, 0.4) is 0 Å². The molecule has 0 amide bonds. The lowest BCUT2D eigenvalue weighted by Crippen LogP contribution is -2.17. The number of halogens is 1. The summed E-state index contributed by atoms with van der Waals surface area (Å²) in [6.07, 6.45) is 2.02. The molecule has 2 aliphatic rings. The van der Waals surface area contributed by atoms with Crippen LogP contribution < -0.4 is 9.47 Å². The summed E-state index contributed by atoms with van der Waals surface area (Å²) in [6.45, 7) is 3.09. The fourth-order valence-corrected chi connectivity index (χ4v) is 3.00. The molecule has 1 saturated carbocycles. The molecular weight excluding hydrogens is 275 g/mol. The highest BCUT2D eigenvalue weighted by molar-refractivity contribution is 5.68. The number of carbonyl (C=O) groups is 1. The molecule has 0 radical (unpaired) electrons. The summed E-state index contributed by atoms with van der Waals surface area (Å²) in [5, 5.41) is 9.16. The Hall–Kier alpha value is -1.78. The summed E-state index contributed by atoms with van der Waals surface area (Å²) in [5.74, 6) is 0.412. The summed E-state index contributed by atoms with van der Waals surface area (Å²) in [4.78, 5) is 11.2. The molecule has 1 aromatic rings. The van der Waals surface area contributed by atoms with Gasteiger partial charge in [-0.05, 0) is 61.8 Å². The van der Waals surface area contributed by atoms with E-state index >= 15 is 0 Å². The maximum atomic E-state index is 14.6. The molecular formula is C16H19FO4. The molecule has 0 saturated heterocycles. The van der Waals surface area contributed by atoms with E-state index in [4.69, 9.17) is 14.6 Å². The molecule has 0 spiro atoms. The second kappa shape index (κ2) is 4.90. The predicted octanol–water partition coefficient (Wildman–Crippen LogP) is 3.59. The van der Waals surface area contributed by atoms with Crippen molar-refractivity contribution in [3.05, 3.63) is 23.3 Å². The van der Waals surface area contributed by atoms with Gasteiger partial charge in [-0.3, -0.25) is 4.79 Å². The van der Waals surface area contributed by atoms with Crippen molar-refractivity contribution in [2.75, 3.05) is 6.79 Å². The van der Waals surface area contributed by atoms with Gasteiger partial charge in [0.1, 0.15) is 5.67 Å². The number of benzene rings is 1. The summed E-state index contributed by atoms with van der Waals surface area (Å²) >= 11 is 0. The monoisotopic (exact) mass is 294 g/mol. The molecule has 0 aromatic heterocycles. The molecule has 21 heavy (non-hydrogen) atoms. The molecule has 1 atom stereocenters. The van der Waals surface area contributed by atoms with Crippen LogP contribution in [-0.2, 0) is 10.5 Å². The summed E-state index contributed by atoms with van der Waals surface area (Å²) in [6, 6.07) is 3.43. The molecule has 114 valence electrons. The van der Waals surface area contributed by atoms with Gasteiger partial charge in [-0.1, -0.05) is 0 Å². The zero-order chi connectivity index (χ0) is 15.2. The molecule has 5 heteroatoms. The van der Waals surface area contributed by atoms with E-state index in [9.17, 15) is 9.18 Å². The van der Waals surface area contributed by atoms with Crippen molar-refractivity contribution in [2.45, 2.75) is 44.7 Å². The Morgan fingerprint density at radius 3 is 2.52 bits per heavy atom. The predicted molar refractivity (Wildman–Crippen MR) is 74.4 cm³/mol. The standard InChI is InChI=1S/C16H19FO4/c1-16(2,17)12-7-14-13(20-8-21-14)5-11(12)10(6-15(18)19)9-3-4-9/h5,7,9-10H,3-4,6,8H2,1-2H3,(H,18,19). The minimum atomic E-state index is -1.55. The van der Waals surface area contributed by atoms with Crippen LogP contribution in [0.5, 0.6) is 11.5 Å². The first kappa shape index (κ1) is 14.2. The number of hydrogen-bond donors (Lipinski definition) is 1. The van der Waals surface area contributed by atoms with Gasteiger partial charge in [-0.25, -0.2) is 4.39 Å². The molecule has 1 aromatic carbocycles. The largest absolute Gasteiger partial charge is 0.481 e. The van der Waals surface area contributed by atoms with E-state index in [0.717, 1.165) is 18.4 Å². The van der Waals surface area contributed by atoms with Gasteiger partial charge in [0.2, 0.25) is 6.79 Å². The number of aliphatic carboxylic acids is 1. The second-order valence-electron chi connectivity index (χ2n) is 6.31. The lowest BCUT2D eigenvalue weighted by Gasteiger charge is -2.25. The molecule has 1 aliphatic carbocycles. The number of fused-ring (bicyclic) bond motifs is 1. The minimum absolute atomic E-state index is 0.0212. The highest BCUT2D eigenvalue weighted by atomic mass is 19.1. The first-order valence-electron chi connectivity index (χ1n) is 7.21. The van der Waals surface area contributed by atoms with E-state index in [2.05, 4.69) is 0 Å². The number of alkyl halides is 1. The van der Waals surface area contributed by atoms with E-state index in [-0.39, 0.29) is 19.1 Å². The van der Waals surface area contributed by atoms with Gasteiger partial charge in [0.15, 0.2) is 11.5 Å². The normalized spacial score (nSPS) is 18.6. The minimum Gasteiger partial charge on any atom is -0.481 e. The van der Waals surface area contributed by atoms with E-state index < -0.39 is 11.6 Å². The number of carboxylic acids is 1. The smallest absolute Gasteiger partial charge is 0.303 e. The Balaban J connectivity index is 2.08. The van der Waals surface area contributed by atoms with Crippen LogP contribution in [0.2, 0.25) is 0 Å². The number of hydrogen-bond acceptors (Lipinski definition) is 3. The lowest BCUT2D eigenvalue weighted by molar-refractivity contribution is -0.137. The Labute approximate surface area is 122 Å². The Morgan fingerprint density at radius 1 is 1.38 bits per heavy atom. The van der Waals surface area contributed by atoms with Crippen molar-refractivity contribution >= 4 is 5.97 Å². The lowest BCUT2D eigenvalue weighted by atomic mass is 9.83. The summed E-state index contributed by atoms with van der Waals surface area (Å²) < 4.78 is 25.3. The van der Waals surface area contributed by atoms with Crippen LogP contribution in [0.25, 0.3) is 0 Å². The van der Waals surface area contributed by atoms with Crippen LogP contribution in [-0.4, -0.2) is 17.9 Å². The fourth-order valence-electron chi connectivity index (χ4n) is 3.00. The van der Waals surface area contributed by atoms with E-state index in [1.165, 1.54) is 13.8 Å². The van der Waals surface area contributed by atoms with Gasteiger partial charge >= 0.3 is 5.97 Å². The van der Waals surface area contributed by atoms with Crippen molar-refractivity contribution in [1.29, 1.82) is 0 Å². The second-order valence-corrected chi connectivity index (χ2v) is 6.31. The first-order valence-corrected chi connectivity index (χ1v) is 7.21. The molecule has 1 N–H and O–H groups in total. The average Bonchev–Trinajstić information content (AvgIpc) is 3.11. The van der Waals surface area contributed by atoms with Crippen molar-refractivity contribution in [3.8, 4) is 11.5 Å². The third-order valence-corrected chi connectivity index (χ3v) is 4.17. The topological polar surface area (TPSA) is 55.8 Å². The van der Waals surface area contributed by atoms with Crippen molar-refractivity contribution in [3.63, 3.8) is 0 Å². The maximum Gasteiger partial charge on any atom is 0.303 e. The third-order valence-electron chi connectivity index (χ3n) is 4.17. The Kier molecular flexibility index (Phi) is 3.30. The van der Waals surface area contributed by atoms with Crippen LogP contribution in [0.4, 0.5) is 4.39 Å². The van der Waals surface area contributed by atoms with Gasteiger partial charge in [0, 0.05) is 0 Å². The number of rotatable bonds is 5.